The van der Waals surface area contributed by atoms with Crippen molar-refractivity contribution < 1.29 is 18.8 Å². The summed E-state index contributed by atoms with van der Waals surface area (Å²) in [6.45, 7) is 12.4. The van der Waals surface area contributed by atoms with Crippen molar-refractivity contribution in [3.63, 3.8) is 0 Å². The average molecular weight is 425 g/mol. The summed E-state index contributed by atoms with van der Waals surface area (Å²) in [5, 5.41) is 7.32. The fraction of sp³-hybridized carbons (Fsp3) is 0.478. The van der Waals surface area contributed by atoms with Crippen LogP contribution in [0.5, 0.6) is 0 Å². The lowest BCUT2D eigenvalue weighted by atomic mass is 9.76. The van der Waals surface area contributed by atoms with Gasteiger partial charge in [0.25, 0.3) is 0 Å². The summed E-state index contributed by atoms with van der Waals surface area (Å²) < 4.78 is 19.7. The average Bonchev–Trinajstić information content (AvgIpc) is 3.07. The third kappa shape index (κ3) is 5.19. The van der Waals surface area contributed by atoms with Gasteiger partial charge in [0.15, 0.2) is 0 Å². The molecule has 0 bridgehead atoms. The topological polar surface area (TPSA) is 74.6 Å². The highest BCUT2D eigenvalue weighted by Gasteiger charge is 2.52. The Hall–Kier alpha value is -2.58. The second kappa shape index (κ2) is 8.89. The van der Waals surface area contributed by atoms with Crippen LogP contribution in [0.3, 0.4) is 0 Å². The van der Waals surface area contributed by atoms with E-state index in [1.165, 1.54) is 0 Å². The van der Waals surface area contributed by atoms with Gasteiger partial charge in [-0.3, -0.25) is 4.68 Å². The molecule has 8 heteroatoms. The van der Waals surface area contributed by atoms with Crippen LogP contribution in [0.2, 0.25) is 0 Å². The molecule has 2 heterocycles. The Morgan fingerprint density at radius 3 is 2.32 bits per heavy atom. The lowest BCUT2D eigenvalue weighted by molar-refractivity contribution is 0.00578. The Bertz CT molecular complexity index is 951. The maximum absolute atomic E-state index is 12.3. The predicted octanol–water partition coefficient (Wildman–Crippen LogP) is 3.98. The molecule has 1 saturated heterocycles. The number of aryl methyl sites for hydroxylation is 2. The van der Waals surface area contributed by atoms with Gasteiger partial charge in [-0.05, 0) is 52.6 Å². The van der Waals surface area contributed by atoms with Gasteiger partial charge in [-0.1, -0.05) is 36.4 Å². The molecule has 31 heavy (non-hydrogen) atoms. The summed E-state index contributed by atoms with van der Waals surface area (Å²) >= 11 is 0. The van der Waals surface area contributed by atoms with E-state index in [-0.39, 0.29) is 13.2 Å². The molecule has 1 N–H and O–H groups in total. The number of benzene rings is 1. The van der Waals surface area contributed by atoms with E-state index >= 15 is 0 Å². The minimum Gasteiger partial charge on any atom is -0.445 e. The maximum atomic E-state index is 12.3. The summed E-state index contributed by atoms with van der Waals surface area (Å²) in [5.41, 5.74) is 3.69. The molecule has 0 aliphatic carbocycles. The second-order valence-corrected chi connectivity index (χ2v) is 8.93. The van der Waals surface area contributed by atoms with Gasteiger partial charge < -0.3 is 19.4 Å². The fourth-order valence-electron chi connectivity index (χ4n) is 3.33. The minimum atomic E-state index is -0.585. The van der Waals surface area contributed by atoms with Crippen molar-refractivity contribution in [2.75, 3.05) is 6.54 Å². The highest BCUT2D eigenvalue weighted by atomic mass is 16.7. The van der Waals surface area contributed by atoms with Gasteiger partial charge in [0.2, 0.25) is 0 Å². The molecule has 1 fully saturated rings. The van der Waals surface area contributed by atoms with Crippen LogP contribution in [0.4, 0.5) is 4.79 Å². The van der Waals surface area contributed by atoms with Crippen molar-refractivity contribution in [2.45, 2.75) is 59.4 Å². The standard InChI is InChI=1S/C23H32BN3O4/c1-16-20(17(2)27(7)26-16)13-19(24-30-22(3,4)23(5,6)31-24)14-25-21(28)29-15-18-11-9-8-10-12-18/h8-13H,14-15H2,1-7H3,(H,25,28). The molecule has 0 radical (unpaired) electrons. The molecule has 0 unspecified atom stereocenters. The first-order valence-electron chi connectivity index (χ1n) is 10.5. The summed E-state index contributed by atoms with van der Waals surface area (Å²) in [7, 11) is 1.33. The molecule has 1 aromatic carbocycles. The third-order valence-corrected chi connectivity index (χ3v) is 6.10. The number of nitrogens with zero attached hydrogens (tertiary/aromatic N) is 2. The van der Waals surface area contributed by atoms with Crippen LogP contribution in [-0.2, 0) is 27.7 Å². The molecule has 7 nitrogen and oxygen atoms in total. The van der Waals surface area contributed by atoms with Crippen LogP contribution in [0.25, 0.3) is 6.08 Å². The van der Waals surface area contributed by atoms with Crippen molar-refractivity contribution in [3.05, 3.63) is 58.3 Å². The van der Waals surface area contributed by atoms with Crippen molar-refractivity contribution in [1.29, 1.82) is 0 Å². The molecule has 2 aromatic rings. The lowest BCUT2D eigenvalue weighted by Crippen LogP contribution is -2.41. The first-order valence-corrected chi connectivity index (χ1v) is 10.5. The van der Waals surface area contributed by atoms with E-state index in [1.54, 1.807) is 0 Å². The first-order chi connectivity index (χ1) is 14.5. The zero-order valence-electron chi connectivity index (χ0n) is 19.5. The SMILES string of the molecule is Cc1nn(C)c(C)c1C=C(CNC(=O)OCc1ccccc1)B1OC(C)(C)C(C)(C)O1. The molecule has 1 aromatic heterocycles. The molecular formula is C23H32BN3O4. The molecule has 1 amide bonds. The lowest BCUT2D eigenvalue weighted by Gasteiger charge is -2.32. The summed E-state index contributed by atoms with van der Waals surface area (Å²) in [6, 6.07) is 9.57. The molecule has 0 saturated carbocycles. The van der Waals surface area contributed by atoms with E-state index in [4.69, 9.17) is 14.0 Å². The Kier molecular flexibility index (Phi) is 6.62. The quantitative estimate of drug-likeness (QED) is 0.709. The zero-order valence-corrected chi connectivity index (χ0v) is 19.5. The van der Waals surface area contributed by atoms with Crippen molar-refractivity contribution in [2.24, 2.45) is 7.05 Å². The van der Waals surface area contributed by atoms with Gasteiger partial charge in [0.1, 0.15) is 6.61 Å². The molecule has 1 aliphatic heterocycles. The number of ether oxygens (including phenoxy) is 1. The smallest absolute Gasteiger partial charge is 0.445 e. The van der Waals surface area contributed by atoms with E-state index in [0.717, 1.165) is 28.0 Å². The highest BCUT2D eigenvalue weighted by Crippen LogP contribution is 2.39. The Morgan fingerprint density at radius 2 is 1.77 bits per heavy atom. The Morgan fingerprint density at radius 1 is 1.16 bits per heavy atom. The van der Waals surface area contributed by atoms with Gasteiger partial charge in [-0.2, -0.15) is 5.10 Å². The van der Waals surface area contributed by atoms with Gasteiger partial charge >= 0.3 is 13.2 Å². The molecule has 3 rings (SSSR count). The number of hydrogen-bond acceptors (Lipinski definition) is 5. The van der Waals surface area contributed by atoms with E-state index in [1.807, 2.05) is 89.7 Å². The van der Waals surface area contributed by atoms with Crippen molar-refractivity contribution in [3.8, 4) is 0 Å². The number of amides is 1. The largest absolute Gasteiger partial charge is 0.492 e. The van der Waals surface area contributed by atoms with Crippen LogP contribution in [0.15, 0.2) is 35.8 Å². The van der Waals surface area contributed by atoms with Crippen LogP contribution >= 0.6 is 0 Å². The van der Waals surface area contributed by atoms with Gasteiger partial charge in [-0.15, -0.1) is 0 Å². The van der Waals surface area contributed by atoms with Crippen LogP contribution in [0, 0.1) is 13.8 Å². The summed E-state index contributed by atoms with van der Waals surface area (Å²) in [5.74, 6) is 0. The van der Waals surface area contributed by atoms with E-state index in [2.05, 4.69) is 10.4 Å². The van der Waals surface area contributed by atoms with Crippen LogP contribution in [-0.4, -0.2) is 40.7 Å². The number of nitrogens with one attached hydrogen (secondary N) is 1. The van der Waals surface area contributed by atoms with Crippen molar-refractivity contribution in [1.82, 2.24) is 15.1 Å². The van der Waals surface area contributed by atoms with E-state index in [9.17, 15) is 4.79 Å². The van der Waals surface area contributed by atoms with E-state index in [0.29, 0.717) is 0 Å². The Labute approximate surface area is 184 Å². The molecule has 0 atom stereocenters. The van der Waals surface area contributed by atoms with Crippen LogP contribution < -0.4 is 5.32 Å². The molecule has 1 aliphatic rings. The second-order valence-electron chi connectivity index (χ2n) is 8.93. The minimum absolute atomic E-state index is 0.211. The monoisotopic (exact) mass is 425 g/mol. The van der Waals surface area contributed by atoms with Gasteiger partial charge in [-0.25, -0.2) is 4.79 Å². The number of aromatic nitrogens is 2. The molecular weight excluding hydrogens is 393 g/mol. The number of rotatable bonds is 6. The zero-order chi connectivity index (χ0) is 22.8. The number of hydrogen-bond donors (Lipinski definition) is 1. The third-order valence-electron chi connectivity index (χ3n) is 6.10. The molecule has 166 valence electrons. The predicted molar refractivity (Wildman–Crippen MR) is 121 cm³/mol. The summed E-state index contributed by atoms with van der Waals surface area (Å²) in [6.07, 6.45) is 1.50. The van der Waals surface area contributed by atoms with E-state index < -0.39 is 24.4 Å². The Balaban J connectivity index is 1.76. The fourth-order valence-corrected chi connectivity index (χ4v) is 3.33. The number of alkyl carbamates (subject to hydrolysis) is 1. The van der Waals surface area contributed by atoms with Crippen molar-refractivity contribution >= 4 is 19.3 Å². The highest BCUT2D eigenvalue weighted by molar-refractivity contribution is 6.56. The first kappa shape index (κ1) is 23.1. The number of carbonyl (C=O) groups is 1. The number of carbonyl (C=O) groups excluding carboxylic acids is 1. The van der Waals surface area contributed by atoms with Gasteiger partial charge in [0, 0.05) is 24.8 Å². The maximum Gasteiger partial charge on any atom is 0.492 e. The van der Waals surface area contributed by atoms with Gasteiger partial charge in [0.05, 0.1) is 16.9 Å². The normalized spacial score (nSPS) is 17.6. The summed E-state index contributed by atoms with van der Waals surface area (Å²) in [4.78, 5) is 12.3. The molecule has 0 spiro atoms. The van der Waals surface area contributed by atoms with Crippen LogP contribution in [0.1, 0.15) is 50.2 Å².